The molecule has 0 spiro atoms. The zero-order valence-corrected chi connectivity index (χ0v) is 15.1. The van der Waals surface area contributed by atoms with Gasteiger partial charge in [-0.2, -0.15) is 26.3 Å². The molecule has 0 fully saturated rings. The van der Waals surface area contributed by atoms with Gasteiger partial charge < -0.3 is 15.1 Å². The number of nitrogens with two attached hydrogens (primary N) is 1. The molecule has 2 aromatic carbocycles. The number of halogens is 7. The van der Waals surface area contributed by atoms with Gasteiger partial charge in [0.05, 0.1) is 0 Å². The Kier molecular flexibility index (Phi) is 10.1. The SMILES string of the molecule is FCOC(C(F)(F)F)C(F)(F)F.NCCOB(c1ccccc1)c1ccccc1. The number of hydrogen-bond acceptors (Lipinski definition) is 3. The van der Waals surface area contributed by atoms with E-state index in [0.29, 0.717) is 13.2 Å². The maximum Gasteiger partial charge on any atom is 0.423 e. The molecule has 0 heterocycles. The topological polar surface area (TPSA) is 44.5 Å². The summed E-state index contributed by atoms with van der Waals surface area (Å²) in [6.45, 7) is -1.06. The van der Waals surface area contributed by atoms with Crippen LogP contribution in [0.15, 0.2) is 60.7 Å². The average molecular weight is 425 g/mol. The summed E-state index contributed by atoms with van der Waals surface area (Å²) in [7, 11) is 0. The third-order valence-electron chi connectivity index (χ3n) is 3.43. The van der Waals surface area contributed by atoms with Gasteiger partial charge in [0, 0.05) is 13.2 Å². The highest BCUT2D eigenvalue weighted by atomic mass is 19.4. The van der Waals surface area contributed by atoms with Crippen molar-refractivity contribution in [2.45, 2.75) is 18.5 Å². The Morgan fingerprint density at radius 1 is 0.793 bits per heavy atom. The number of ether oxygens (including phenoxy) is 1. The summed E-state index contributed by atoms with van der Waals surface area (Å²) in [6.07, 6.45) is -15.3. The molecule has 0 unspecified atom stereocenters. The van der Waals surface area contributed by atoms with Gasteiger partial charge in [-0.1, -0.05) is 60.7 Å². The van der Waals surface area contributed by atoms with Crippen LogP contribution in [0, 0.1) is 0 Å². The number of rotatable bonds is 7. The first kappa shape index (κ1) is 24.9. The fourth-order valence-electron chi connectivity index (χ4n) is 2.26. The second-order valence-electron chi connectivity index (χ2n) is 5.60. The monoisotopic (exact) mass is 425 g/mol. The number of hydrogen-bond donors (Lipinski definition) is 1. The fraction of sp³-hybridized carbons (Fsp3) is 0.333. The predicted octanol–water partition coefficient (Wildman–Crippen LogP) is 3.19. The molecular formula is C18H19BF7NO2. The summed E-state index contributed by atoms with van der Waals surface area (Å²) in [6, 6.07) is 20.4. The molecule has 2 aromatic rings. The fourth-order valence-corrected chi connectivity index (χ4v) is 2.26. The van der Waals surface area contributed by atoms with Crippen molar-refractivity contribution in [2.24, 2.45) is 5.73 Å². The van der Waals surface area contributed by atoms with E-state index in [2.05, 4.69) is 29.0 Å². The highest BCUT2D eigenvalue weighted by Gasteiger charge is 2.58. The molecule has 0 aliphatic heterocycles. The van der Waals surface area contributed by atoms with Crippen molar-refractivity contribution in [1.29, 1.82) is 0 Å². The van der Waals surface area contributed by atoms with Crippen LogP contribution in [0.1, 0.15) is 0 Å². The van der Waals surface area contributed by atoms with Crippen LogP contribution in [-0.4, -0.2) is 45.4 Å². The van der Waals surface area contributed by atoms with Crippen molar-refractivity contribution in [2.75, 3.05) is 20.0 Å². The van der Waals surface area contributed by atoms with E-state index < -0.39 is 25.3 Å². The van der Waals surface area contributed by atoms with E-state index in [0.717, 1.165) is 10.9 Å². The lowest BCUT2D eigenvalue weighted by molar-refractivity contribution is -0.327. The van der Waals surface area contributed by atoms with Crippen LogP contribution in [0.5, 0.6) is 0 Å². The first-order valence-corrected chi connectivity index (χ1v) is 8.33. The van der Waals surface area contributed by atoms with Gasteiger partial charge >= 0.3 is 19.3 Å². The predicted molar refractivity (Wildman–Crippen MR) is 95.9 cm³/mol. The Morgan fingerprint density at radius 3 is 1.48 bits per heavy atom. The standard InChI is InChI=1S/C14H16BNO.C4H3F7O/c16-11-12-17-15(13-7-3-1-4-8-13)14-9-5-2-6-10-14;5-1-12-2(3(6,7)8)4(9,10)11/h1-10H,11-12,16H2;2H,1H2. The molecule has 0 aliphatic carbocycles. The van der Waals surface area contributed by atoms with E-state index in [-0.39, 0.29) is 6.92 Å². The molecule has 0 atom stereocenters. The molecule has 0 bridgehead atoms. The highest BCUT2D eigenvalue weighted by molar-refractivity contribution is 6.80. The van der Waals surface area contributed by atoms with Crippen LogP contribution in [0.2, 0.25) is 0 Å². The Labute approximate surface area is 163 Å². The third-order valence-corrected chi connectivity index (χ3v) is 3.43. The van der Waals surface area contributed by atoms with E-state index in [1.165, 1.54) is 0 Å². The van der Waals surface area contributed by atoms with Crippen LogP contribution in [-0.2, 0) is 9.39 Å². The summed E-state index contributed by atoms with van der Waals surface area (Å²) in [4.78, 5) is 0. The first-order chi connectivity index (χ1) is 13.6. The zero-order valence-electron chi connectivity index (χ0n) is 15.1. The molecule has 2 rings (SSSR count). The minimum absolute atomic E-state index is 0.0269. The molecule has 3 nitrogen and oxygen atoms in total. The van der Waals surface area contributed by atoms with Gasteiger partial charge in [0.15, 0.2) is 6.86 Å². The van der Waals surface area contributed by atoms with Crippen LogP contribution in [0.25, 0.3) is 0 Å². The minimum Gasteiger partial charge on any atom is -0.426 e. The van der Waals surface area contributed by atoms with Crippen molar-refractivity contribution < 1.29 is 40.1 Å². The van der Waals surface area contributed by atoms with E-state index >= 15 is 0 Å². The van der Waals surface area contributed by atoms with E-state index in [4.69, 9.17) is 10.4 Å². The Balaban J connectivity index is 0.000000311. The zero-order chi connectivity index (χ0) is 21.9. The van der Waals surface area contributed by atoms with Gasteiger partial charge in [0.2, 0.25) is 0 Å². The Morgan fingerprint density at radius 2 is 1.21 bits per heavy atom. The van der Waals surface area contributed by atoms with Crippen molar-refractivity contribution >= 4 is 17.8 Å². The molecular weight excluding hydrogens is 406 g/mol. The molecule has 0 saturated heterocycles. The molecule has 0 aromatic heterocycles. The lowest BCUT2D eigenvalue weighted by Gasteiger charge is -2.21. The summed E-state index contributed by atoms with van der Waals surface area (Å²) >= 11 is 0. The molecule has 2 N–H and O–H groups in total. The van der Waals surface area contributed by atoms with Gasteiger partial charge in [-0.15, -0.1) is 0 Å². The Bertz CT molecular complexity index is 631. The Hall–Kier alpha value is -2.11. The average Bonchev–Trinajstić information content (AvgIpc) is 2.67. The van der Waals surface area contributed by atoms with Gasteiger partial charge in [0.25, 0.3) is 6.10 Å². The second kappa shape index (κ2) is 11.8. The van der Waals surface area contributed by atoms with Gasteiger partial charge in [0.1, 0.15) is 0 Å². The normalized spacial score (nSPS) is 11.8. The second-order valence-corrected chi connectivity index (χ2v) is 5.60. The largest absolute Gasteiger partial charge is 0.426 e. The van der Waals surface area contributed by atoms with Crippen LogP contribution in [0.3, 0.4) is 0 Å². The molecule has 0 radical (unpaired) electrons. The highest BCUT2D eigenvalue weighted by Crippen LogP contribution is 2.35. The van der Waals surface area contributed by atoms with Crippen molar-refractivity contribution in [3.63, 3.8) is 0 Å². The lowest BCUT2D eigenvalue weighted by Crippen LogP contribution is -2.45. The van der Waals surface area contributed by atoms with Gasteiger partial charge in [-0.3, -0.25) is 0 Å². The lowest BCUT2D eigenvalue weighted by atomic mass is 9.55. The maximum absolute atomic E-state index is 11.4. The maximum atomic E-state index is 11.4. The summed E-state index contributed by atoms with van der Waals surface area (Å²) in [5.41, 5.74) is 7.83. The smallest absolute Gasteiger partial charge is 0.423 e. The number of benzene rings is 2. The van der Waals surface area contributed by atoms with Crippen molar-refractivity contribution in [3.05, 3.63) is 60.7 Å². The summed E-state index contributed by atoms with van der Waals surface area (Å²) in [5, 5.41) is 0. The van der Waals surface area contributed by atoms with E-state index in [1.807, 2.05) is 36.4 Å². The van der Waals surface area contributed by atoms with E-state index in [9.17, 15) is 30.7 Å². The van der Waals surface area contributed by atoms with Crippen molar-refractivity contribution in [3.8, 4) is 0 Å². The number of alkyl halides is 7. The minimum atomic E-state index is -5.63. The molecule has 11 heteroatoms. The van der Waals surface area contributed by atoms with Crippen molar-refractivity contribution in [1.82, 2.24) is 0 Å². The third kappa shape index (κ3) is 8.84. The van der Waals surface area contributed by atoms with Crippen LogP contribution >= 0.6 is 0 Å². The van der Waals surface area contributed by atoms with Gasteiger partial charge in [-0.25, -0.2) is 4.39 Å². The molecule has 160 valence electrons. The summed E-state index contributed by atoms with van der Waals surface area (Å²) < 4.78 is 88.1. The van der Waals surface area contributed by atoms with Crippen LogP contribution in [0.4, 0.5) is 30.7 Å². The van der Waals surface area contributed by atoms with E-state index in [1.54, 1.807) is 0 Å². The quantitative estimate of drug-likeness (QED) is 0.548. The summed E-state index contributed by atoms with van der Waals surface area (Å²) in [5.74, 6) is 0. The molecule has 0 saturated carbocycles. The molecule has 0 amide bonds. The molecule has 29 heavy (non-hydrogen) atoms. The first-order valence-electron chi connectivity index (χ1n) is 8.33. The van der Waals surface area contributed by atoms with Gasteiger partial charge in [-0.05, 0) is 10.9 Å². The molecule has 0 aliphatic rings. The van der Waals surface area contributed by atoms with Crippen LogP contribution < -0.4 is 16.7 Å².